The van der Waals surface area contributed by atoms with Gasteiger partial charge in [0.25, 0.3) is 0 Å². The normalized spacial score (nSPS) is 10.9. The van der Waals surface area contributed by atoms with E-state index in [1.54, 1.807) is 7.11 Å². The number of hydrogen-bond acceptors (Lipinski definition) is 4. The average molecular weight is 430 g/mol. The maximum absolute atomic E-state index is 11.9. The Labute approximate surface area is 187 Å². The molecule has 0 saturated heterocycles. The van der Waals surface area contributed by atoms with Crippen LogP contribution in [0.2, 0.25) is 0 Å². The van der Waals surface area contributed by atoms with E-state index in [1.165, 1.54) is 0 Å². The molecule has 2 amide bonds. The van der Waals surface area contributed by atoms with Gasteiger partial charge >= 0.3 is 6.03 Å². The van der Waals surface area contributed by atoms with Gasteiger partial charge < -0.3 is 19.9 Å². The van der Waals surface area contributed by atoms with Gasteiger partial charge in [0.2, 0.25) is 0 Å². The first kappa shape index (κ1) is 21.4. The Morgan fingerprint density at radius 2 is 1.81 bits per heavy atom. The zero-order valence-corrected chi connectivity index (χ0v) is 18.8. The molecule has 4 aromatic rings. The van der Waals surface area contributed by atoms with E-state index in [0.29, 0.717) is 18.8 Å². The number of anilines is 1. The van der Waals surface area contributed by atoms with Crippen molar-refractivity contribution in [2.45, 2.75) is 27.3 Å². The molecule has 4 rings (SSSR count). The predicted octanol–water partition coefficient (Wildman–Crippen LogP) is 4.91. The van der Waals surface area contributed by atoms with E-state index in [1.807, 2.05) is 45.0 Å². The number of urea groups is 1. The molecule has 7 heteroatoms. The fourth-order valence-corrected chi connectivity index (χ4v) is 3.75. The van der Waals surface area contributed by atoms with E-state index in [4.69, 9.17) is 9.72 Å². The Morgan fingerprint density at radius 3 is 2.53 bits per heavy atom. The molecule has 0 radical (unpaired) electrons. The van der Waals surface area contributed by atoms with Crippen LogP contribution in [0.3, 0.4) is 0 Å². The molecule has 7 nitrogen and oxygen atoms in total. The number of para-hydroxylation sites is 1. The van der Waals surface area contributed by atoms with Crippen molar-refractivity contribution in [3.05, 3.63) is 71.7 Å². The quantitative estimate of drug-likeness (QED) is 0.456. The van der Waals surface area contributed by atoms with Crippen LogP contribution < -0.4 is 15.4 Å². The van der Waals surface area contributed by atoms with Crippen molar-refractivity contribution in [3.63, 3.8) is 0 Å². The highest BCUT2D eigenvalue weighted by Gasteiger charge is 2.14. The lowest BCUT2D eigenvalue weighted by Crippen LogP contribution is -2.28. The highest BCUT2D eigenvalue weighted by atomic mass is 16.5. The fourth-order valence-electron chi connectivity index (χ4n) is 3.75. The summed E-state index contributed by atoms with van der Waals surface area (Å²) in [6.45, 7) is 6.95. The topological polar surface area (TPSA) is 81.1 Å². The number of rotatable bonds is 6. The molecule has 2 aromatic heterocycles. The second kappa shape index (κ2) is 9.09. The standard InChI is InChI=1S/C25H27N5O2/c1-5-26-25(31)29-21-14-22-24(27-16(21)2)30(17(3)28-22)15-18-10-12-19(13-11-18)20-8-6-7-9-23(20)32-4/h6-14H,5,15H2,1-4H3,(H2,26,29,31). The minimum atomic E-state index is -0.247. The van der Waals surface area contributed by atoms with Crippen molar-refractivity contribution in [1.82, 2.24) is 19.9 Å². The summed E-state index contributed by atoms with van der Waals surface area (Å²) in [7, 11) is 1.69. The maximum Gasteiger partial charge on any atom is 0.319 e. The van der Waals surface area contributed by atoms with Crippen LogP contribution in [-0.4, -0.2) is 34.2 Å². The number of aromatic nitrogens is 3. The summed E-state index contributed by atoms with van der Waals surface area (Å²) in [6.07, 6.45) is 0. The summed E-state index contributed by atoms with van der Waals surface area (Å²) in [5, 5.41) is 5.57. The van der Waals surface area contributed by atoms with Crippen molar-refractivity contribution in [1.29, 1.82) is 0 Å². The molecule has 0 saturated carbocycles. The molecule has 164 valence electrons. The van der Waals surface area contributed by atoms with Crippen LogP contribution in [0.5, 0.6) is 5.75 Å². The van der Waals surface area contributed by atoms with Crippen LogP contribution in [-0.2, 0) is 6.54 Å². The molecule has 2 aromatic carbocycles. The SMILES string of the molecule is CCNC(=O)Nc1cc2nc(C)n(Cc3ccc(-c4ccccc4OC)cc3)c2nc1C. The summed E-state index contributed by atoms with van der Waals surface area (Å²) in [6, 6.07) is 18.1. The number of hydrogen-bond donors (Lipinski definition) is 2. The number of fused-ring (bicyclic) bond motifs is 1. The van der Waals surface area contributed by atoms with E-state index in [0.717, 1.165) is 45.1 Å². The summed E-state index contributed by atoms with van der Waals surface area (Å²) in [5.74, 6) is 1.73. The summed E-state index contributed by atoms with van der Waals surface area (Å²) < 4.78 is 7.58. The molecule has 32 heavy (non-hydrogen) atoms. The number of ether oxygens (including phenoxy) is 1. The lowest BCUT2D eigenvalue weighted by molar-refractivity contribution is 0.252. The highest BCUT2D eigenvalue weighted by Crippen LogP contribution is 2.30. The van der Waals surface area contributed by atoms with E-state index in [2.05, 4.69) is 50.5 Å². The number of carbonyl (C=O) groups is 1. The summed E-state index contributed by atoms with van der Waals surface area (Å²) in [5.41, 5.74) is 6.28. The number of aryl methyl sites for hydroxylation is 2. The third-order valence-corrected chi connectivity index (χ3v) is 5.40. The van der Waals surface area contributed by atoms with Crippen LogP contribution in [0.15, 0.2) is 54.6 Å². The second-order valence-corrected chi connectivity index (χ2v) is 7.59. The largest absolute Gasteiger partial charge is 0.496 e. The van der Waals surface area contributed by atoms with Gasteiger partial charge in [-0.2, -0.15) is 0 Å². The molecule has 0 aliphatic carbocycles. The van der Waals surface area contributed by atoms with Gasteiger partial charge in [-0.05, 0) is 44.0 Å². The van der Waals surface area contributed by atoms with Gasteiger partial charge in [-0.1, -0.05) is 42.5 Å². The smallest absolute Gasteiger partial charge is 0.319 e. The van der Waals surface area contributed by atoms with E-state index in [9.17, 15) is 4.79 Å². The van der Waals surface area contributed by atoms with Crippen molar-refractivity contribution in [2.24, 2.45) is 0 Å². The number of benzene rings is 2. The summed E-state index contributed by atoms with van der Waals surface area (Å²) >= 11 is 0. The van der Waals surface area contributed by atoms with Gasteiger partial charge in [-0.3, -0.25) is 0 Å². The van der Waals surface area contributed by atoms with Crippen LogP contribution >= 0.6 is 0 Å². The maximum atomic E-state index is 11.9. The minimum absolute atomic E-state index is 0.247. The van der Waals surface area contributed by atoms with Crippen LogP contribution in [0.25, 0.3) is 22.3 Å². The number of amides is 2. The van der Waals surface area contributed by atoms with Gasteiger partial charge in [0.15, 0.2) is 5.65 Å². The first-order chi connectivity index (χ1) is 15.5. The summed E-state index contributed by atoms with van der Waals surface area (Å²) in [4.78, 5) is 21.3. The van der Waals surface area contributed by atoms with Crippen LogP contribution in [0.1, 0.15) is 24.0 Å². The first-order valence-electron chi connectivity index (χ1n) is 10.6. The predicted molar refractivity (Wildman–Crippen MR) is 127 cm³/mol. The molecule has 0 aliphatic heterocycles. The number of methoxy groups -OCH3 is 1. The Morgan fingerprint density at radius 1 is 1.06 bits per heavy atom. The molecule has 0 unspecified atom stereocenters. The number of nitrogens with zero attached hydrogens (tertiary/aromatic N) is 3. The van der Waals surface area contributed by atoms with Gasteiger partial charge in [0.05, 0.1) is 25.0 Å². The lowest BCUT2D eigenvalue weighted by Gasteiger charge is -2.11. The van der Waals surface area contributed by atoms with Crippen molar-refractivity contribution >= 4 is 22.9 Å². The molecule has 2 N–H and O–H groups in total. The molecule has 0 spiro atoms. The fraction of sp³-hybridized carbons (Fsp3) is 0.240. The van der Waals surface area contributed by atoms with Crippen molar-refractivity contribution in [2.75, 3.05) is 19.0 Å². The van der Waals surface area contributed by atoms with Gasteiger partial charge in [0.1, 0.15) is 17.1 Å². The number of carbonyl (C=O) groups excluding carboxylic acids is 1. The van der Waals surface area contributed by atoms with Crippen molar-refractivity contribution < 1.29 is 9.53 Å². The third kappa shape index (κ3) is 4.27. The molecule has 0 bridgehead atoms. The molecule has 0 aliphatic rings. The number of pyridine rings is 1. The van der Waals surface area contributed by atoms with Gasteiger partial charge in [-0.25, -0.2) is 14.8 Å². The van der Waals surface area contributed by atoms with E-state index >= 15 is 0 Å². The van der Waals surface area contributed by atoms with Crippen molar-refractivity contribution in [3.8, 4) is 16.9 Å². The van der Waals surface area contributed by atoms with E-state index < -0.39 is 0 Å². The third-order valence-electron chi connectivity index (χ3n) is 5.40. The average Bonchev–Trinajstić information content (AvgIpc) is 3.08. The van der Waals surface area contributed by atoms with Gasteiger partial charge in [0, 0.05) is 12.1 Å². The van der Waals surface area contributed by atoms with Crippen LogP contribution in [0.4, 0.5) is 10.5 Å². The Balaban J connectivity index is 1.61. The lowest BCUT2D eigenvalue weighted by atomic mass is 10.0. The first-order valence-corrected chi connectivity index (χ1v) is 10.6. The molecular weight excluding hydrogens is 402 g/mol. The molecular formula is C25H27N5O2. The zero-order valence-electron chi connectivity index (χ0n) is 18.8. The molecule has 0 atom stereocenters. The Bertz CT molecular complexity index is 1260. The monoisotopic (exact) mass is 429 g/mol. The second-order valence-electron chi connectivity index (χ2n) is 7.59. The Hall–Kier alpha value is -3.87. The van der Waals surface area contributed by atoms with Crippen LogP contribution in [0, 0.1) is 13.8 Å². The Kier molecular flexibility index (Phi) is 6.07. The molecule has 2 heterocycles. The molecule has 0 fully saturated rings. The minimum Gasteiger partial charge on any atom is -0.496 e. The zero-order chi connectivity index (χ0) is 22.7. The highest BCUT2D eigenvalue weighted by molar-refractivity contribution is 5.92. The number of imidazole rings is 1. The number of nitrogens with one attached hydrogen (secondary N) is 2. The van der Waals surface area contributed by atoms with E-state index in [-0.39, 0.29) is 6.03 Å². The van der Waals surface area contributed by atoms with Gasteiger partial charge in [-0.15, -0.1) is 0 Å².